The topological polar surface area (TPSA) is 47.0 Å². The van der Waals surface area contributed by atoms with E-state index in [4.69, 9.17) is 4.74 Å². The minimum atomic E-state index is 0.542. The molecule has 0 atom stereocenters. The maximum absolute atomic E-state index is 5.65. The summed E-state index contributed by atoms with van der Waals surface area (Å²) in [7, 11) is 0. The number of fused-ring (bicyclic) bond motifs is 7. The molecule has 24 heavy (non-hydrogen) atoms. The molecule has 0 aliphatic carbocycles. The summed E-state index contributed by atoms with van der Waals surface area (Å²) in [6, 6.07) is 18.4. The second-order valence-electron chi connectivity index (χ2n) is 5.68. The highest BCUT2D eigenvalue weighted by molar-refractivity contribution is 5.63. The molecule has 0 saturated carbocycles. The summed E-state index contributed by atoms with van der Waals surface area (Å²) in [5, 5.41) is 3.28. The van der Waals surface area contributed by atoms with Crippen LogP contribution in [0.5, 0.6) is 0 Å². The lowest BCUT2D eigenvalue weighted by atomic mass is 10.1. The van der Waals surface area contributed by atoms with E-state index in [2.05, 4.69) is 39.6 Å². The van der Waals surface area contributed by atoms with Gasteiger partial charge < -0.3 is 10.1 Å². The van der Waals surface area contributed by atoms with Gasteiger partial charge in [-0.3, -0.25) is 0 Å². The number of nitrogens with zero attached hydrogens (tertiary/aromatic N) is 2. The molecule has 0 spiro atoms. The van der Waals surface area contributed by atoms with E-state index in [-0.39, 0.29) is 0 Å². The molecule has 118 valence electrons. The summed E-state index contributed by atoms with van der Waals surface area (Å²) < 4.78 is 5.65. The molecule has 4 rings (SSSR count). The Labute approximate surface area is 140 Å². The summed E-state index contributed by atoms with van der Waals surface area (Å²) in [5.41, 5.74) is 5.22. The Kier molecular flexibility index (Phi) is 3.94. The molecule has 1 N–H and O–H groups in total. The molecule has 6 bridgehead atoms. The molecule has 0 fully saturated rings. The largest absolute Gasteiger partial charge is 0.497 e. The predicted octanol–water partition coefficient (Wildman–Crippen LogP) is 4.47. The first-order chi connectivity index (χ1) is 11.9. The highest BCUT2D eigenvalue weighted by atomic mass is 16.5. The fourth-order valence-corrected chi connectivity index (χ4v) is 2.70. The minimum Gasteiger partial charge on any atom is -0.497 e. The van der Waals surface area contributed by atoms with Gasteiger partial charge in [0.15, 0.2) is 0 Å². The smallest absolute Gasteiger partial charge is 0.227 e. The van der Waals surface area contributed by atoms with Crippen LogP contribution in [0, 0.1) is 0 Å². The molecule has 4 heteroatoms. The summed E-state index contributed by atoms with van der Waals surface area (Å²) in [5.74, 6) is 0.594. The van der Waals surface area contributed by atoms with Crippen LogP contribution in [0.3, 0.4) is 0 Å². The average molecular weight is 315 g/mol. The molecular formula is C20H17N3O. The third-order valence-corrected chi connectivity index (χ3v) is 3.86. The Morgan fingerprint density at radius 2 is 1.88 bits per heavy atom. The normalized spacial score (nSPS) is 14.5. The van der Waals surface area contributed by atoms with Crippen molar-refractivity contribution in [1.82, 2.24) is 9.97 Å². The van der Waals surface area contributed by atoms with Gasteiger partial charge in [0, 0.05) is 17.4 Å². The van der Waals surface area contributed by atoms with E-state index in [1.54, 1.807) is 12.5 Å². The molecule has 2 aromatic carbocycles. The molecule has 1 aliphatic heterocycles. The van der Waals surface area contributed by atoms with Crippen molar-refractivity contribution < 1.29 is 4.74 Å². The van der Waals surface area contributed by atoms with E-state index < -0.39 is 0 Å². The zero-order valence-corrected chi connectivity index (χ0v) is 13.1. The molecule has 2 heterocycles. The maximum Gasteiger partial charge on any atom is 0.227 e. The molecule has 4 nitrogen and oxygen atoms in total. The van der Waals surface area contributed by atoms with Crippen LogP contribution in [0.15, 0.2) is 73.1 Å². The van der Waals surface area contributed by atoms with Crippen molar-refractivity contribution in [2.45, 2.75) is 13.0 Å². The van der Waals surface area contributed by atoms with Crippen LogP contribution in [-0.2, 0) is 17.8 Å². The molecular weight excluding hydrogens is 298 g/mol. The number of allylic oxidation sites excluding steroid dienone is 1. The fourth-order valence-electron chi connectivity index (χ4n) is 2.70. The van der Waals surface area contributed by atoms with Crippen molar-refractivity contribution in [3.8, 4) is 11.3 Å². The second kappa shape index (κ2) is 6.54. The van der Waals surface area contributed by atoms with Crippen molar-refractivity contribution in [2.24, 2.45) is 0 Å². The summed E-state index contributed by atoms with van der Waals surface area (Å²) in [4.78, 5) is 8.96. The van der Waals surface area contributed by atoms with Gasteiger partial charge in [-0.15, -0.1) is 0 Å². The number of aromatic nitrogens is 2. The quantitative estimate of drug-likeness (QED) is 0.665. The second-order valence-corrected chi connectivity index (χ2v) is 5.68. The standard InChI is InChI=1S/C20H17N3O/c1-5-16-12-17(7-1)19-9-10-21-20(23-19)22-18-8-2-4-15(13-18)6-3-11-24-14-16/h1-5,7-13H,6,14H2,(H,21,22,23)/b11-3-. The van der Waals surface area contributed by atoms with Gasteiger partial charge in [-0.05, 0) is 47.9 Å². The highest BCUT2D eigenvalue weighted by Gasteiger charge is 2.05. The molecule has 0 saturated heterocycles. The van der Waals surface area contributed by atoms with Gasteiger partial charge in [0.25, 0.3) is 0 Å². The Balaban J connectivity index is 1.77. The van der Waals surface area contributed by atoms with Gasteiger partial charge >= 0.3 is 0 Å². The van der Waals surface area contributed by atoms with Gasteiger partial charge in [-0.25, -0.2) is 9.97 Å². The third kappa shape index (κ3) is 3.27. The van der Waals surface area contributed by atoms with E-state index in [1.807, 2.05) is 36.4 Å². The lowest BCUT2D eigenvalue weighted by Crippen LogP contribution is -1.98. The SMILES string of the molecule is C1=C\OCc2cccc(c2)-c2ccnc(n2)Nc2cccc(c2)C/1. The van der Waals surface area contributed by atoms with E-state index >= 15 is 0 Å². The predicted molar refractivity (Wildman–Crippen MR) is 94.8 cm³/mol. The minimum absolute atomic E-state index is 0.542. The third-order valence-electron chi connectivity index (χ3n) is 3.86. The number of rotatable bonds is 0. The summed E-state index contributed by atoms with van der Waals surface area (Å²) >= 11 is 0. The average Bonchev–Trinajstić information content (AvgIpc) is 2.62. The van der Waals surface area contributed by atoms with E-state index in [0.29, 0.717) is 12.6 Å². The van der Waals surface area contributed by atoms with Crippen molar-refractivity contribution in [3.63, 3.8) is 0 Å². The first-order valence-corrected chi connectivity index (χ1v) is 7.92. The van der Waals surface area contributed by atoms with Crippen LogP contribution >= 0.6 is 0 Å². The van der Waals surface area contributed by atoms with Crippen LogP contribution < -0.4 is 5.32 Å². The molecule has 1 aromatic heterocycles. The van der Waals surface area contributed by atoms with Gasteiger partial charge in [0.05, 0.1) is 12.0 Å². The zero-order valence-electron chi connectivity index (χ0n) is 13.1. The van der Waals surface area contributed by atoms with Crippen molar-refractivity contribution in [2.75, 3.05) is 5.32 Å². The Bertz CT molecular complexity index is 889. The number of ether oxygens (including phenoxy) is 1. The van der Waals surface area contributed by atoms with Crippen molar-refractivity contribution in [1.29, 1.82) is 0 Å². The lowest BCUT2D eigenvalue weighted by Gasteiger charge is -2.08. The van der Waals surface area contributed by atoms with Crippen LogP contribution in [0.4, 0.5) is 11.6 Å². The number of anilines is 2. The molecule has 1 aliphatic rings. The summed E-state index contributed by atoms with van der Waals surface area (Å²) in [6.07, 6.45) is 6.39. The van der Waals surface area contributed by atoms with E-state index in [9.17, 15) is 0 Å². The first kappa shape index (κ1) is 14.5. The van der Waals surface area contributed by atoms with Crippen molar-refractivity contribution in [3.05, 3.63) is 84.3 Å². The number of benzene rings is 2. The van der Waals surface area contributed by atoms with Gasteiger partial charge in [0.2, 0.25) is 5.95 Å². The molecule has 3 aromatic rings. The fraction of sp³-hybridized carbons (Fsp3) is 0.100. The Hall–Kier alpha value is -3.14. The van der Waals surface area contributed by atoms with Gasteiger partial charge in [0.1, 0.15) is 6.61 Å². The molecule has 0 unspecified atom stereocenters. The number of hydrogen-bond donors (Lipinski definition) is 1. The van der Waals surface area contributed by atoms with E-state index in [0.717, 1.165) is 28.9 Å². The highest BCUT2D eigenvalue weighted by Crippen LogP contribution is 2.22. The van der Waals surface area contributed by atoms with Crippen molar-refractivity contribution >= 4 is 11.6 Å². The lowest BCUT2D eigenvalue weighted by molar-refractivity contribution is 0.235. The first-order valence-electron chi connectivity index (χ1n) is 7.92. The van der Waals surface area contributed by atoms with Crippen LogP contribution in [0.1, 0.15) is 11.1 Å². The summed E-state index contributed by atoms with van der Waals surface area (Å²) in [6.45, 7) is 0.542. The van der Waals surface area contributed by atoms with Crippen LogP contribution in [0.2, 0.25) is 0 Å². The number of nitrogens with one attached hydrogen (secondary N) is 1. The Morgan fingerprint density at radius 1 is 0.958 bits per heavy atom. The van der Waals surface area contributed by atoms with Crippen LogP contribution in [0.25, 0.3) is 11.3 Å². The zero-order chi connectivity index (χ0) is 16.2. The van der Waals surface area contributed by atoms with Gasteiger partial charge in [-0.1, -0.05) is 30.3 Å². The van der Waals surface area contributed by atoms with E-state index in [1.165, 1.54) is 5.56 Å². The molecule has 0 amide bonds. The Morgan fingerprint density at radius 3 is 2.88 bits per heavy atom. The number of hydrogen-bond acceptors (Lipinski definition) is 4. The van der Waals surface area contributed by atoms with Gasteiger partial charge in [-0.2, -0.15) is 0 Å². The molecule has 0 radical (unpaired) electrons. The van der Waals surface area contributed by atoms with Crippen LogP contribution in [-0.4, -0.2) is 9.97 Å². The maximum atomic E-state index is 5.65. The monoisotopic (exact) mass is 315 g/mol.